The third kappa shape index (κ3) is 5.04. The Hall–Kier alpha value is -1.91. The van der Waals surface area contributed by atoms with Crippen molar-refractivity contribution in [3.05, 3.63) is 64.3 Å². The van der Waals surface area contributed by atoms with Gasteiger partial charge in [-0.25, -0.2) is 0 Å². The Morgan fingerprint density at radius 1 is 1.07 bits per heavy atom. The monoisotopic (exact) mass is 443 g/mol. The van der Waals surface area contributed by atoms with Crippen molar-refractivity contribution in [1.82, 2.24) is 4.57 Å². The summed E-state index contributed by atoms with van der Waals surface area (Å²) in [5.74, 6) is -0.784. The quantitative estimate of drug-likeness (QED) is 0.409. The van der Waals surface area contributed by atoms with E-state index >= 15 is 0 Å². The van der Waals surface area contributed by atoms with Gasteiger partial charge in [-0.2, -0.15) is 0 Å². The maximum Gasteiger partial charge on any atom is 0.309 e. The summed E-state index contributed by atoms with van der Waals surface area (Å²) in [5, 5.41) is 11.7. The van der Waals surface area contributed by atoms with Gasteiger partial charge in [0.25, 0.3) is 0 Å². The predicted molar refractivity (Wildman–Crippen MR) is 128 cm³/mol. The third-order valence-corrected chi connectivity index (χ3v) is 6.65. The van der Waals surface area contributed by atoms with Crippen LogP contribution >= 0.6 is 23.4 Å². The van der Waals surface area contributed by atoms with E-state index in [4.69, 9.17) is 11.6 Å². The first-order chi connectivity index (χ1) is 13.9. The van der Waals surface area contributed by atoms with E-state index in [-0.39, 0.29) is 4.75 Å². The minimum atomic E-state index is -0.867. The Morgan fingerprint density at radius 3 is 2.27 bits per heavy atom. The number of thioether (sulfide) groups is 1. The number of carbonyl (C=O) groups is 1. The molecule has 0 aliphatic rings. The number of aliphatic carboxylic acids is 1. The van der Waals surface area contributed by atoms with Crippen molar-refractivity contribution in [3.63, 3.8) is 0 Å². The van der Waals surface area contributed by atoms with Crippen molar-refractivity contribution < 1.29 is 9.90 Å². The Balaban J connectivity index is 2.26. The molecule has 160 valence electrons. The molecular formula is C25H30ClNO2S. The van der Waals surface area contributed by atoms with Gasteiger partial charge in [0.15, 0.2) is 0 Å². The first-order valence-corrected chi connectivity index (χ1v) is 11.4. The second kappa shape index (κ2) is 8.32. The Kier molecular flexibility index (Phi) is 6.31. The molecule has 0 bridgehead atoms. The number of nitrogens with zero attached hydrogens (tertiary/aromatic N) is 1. The summed E-state index contributed by atoms with van der Waals surface area (Å²) < 4.78 is 2.29. The van der Waals surface area contributed by atoms with Crippen LogP contribution in [0.5, 0.6) is 0 Å². The standard InChI is InChI=1S/C25H30ClNO2S/c1-16-7-12-20-19(13-16)22(30-24(2,3)4)21(14-25(5,6)23(28)29)27(20)15-17-8-10-18(26)11-9-17/h7-13H,14-15H2,1-6H3,(H,28,29). The fourth-order valence-corrected chi connectivity index (χ4v) is 4.85. The number of fused-ring (bicyclic) bond motifs is 1. The van der Waals surface area contributed by atoms with E-state index in [1.165, 1.54) is 15.8 Å². The average molecular weight is 444 g/mol. The van der Waals surface area contributed by atoms with Crippen LogP contribution in [0.3, 0.4) is 0 Å². The molecule has 0 radical (unpaired) electrons. The highest BCUT2D eigenvalue weighted by Crippen LogP contribution is 2.43. The molecule has 0 fully saturated rings. The lowest BCUT2D eigenvalue weighted by Crippen LogP contribution is -2.28. The second-order valence-corrected chi connectivity index (χ2v) is 11.9. The van der Waals surface area contributed by atoms with Gasteiger partial charge in [-0.05, 0) is 50.6 Å². The molecule has 0 saturated carbocycles. The van der Waals surface area contributed by atoms with Gasteiger partial charge in [0, 0.05) is 44.2 Å². The van der Waals surface area contributed by atoms with E-state index in [1.54, 1.807) is 13.8 Å². The fourth-order valence-electron chi connectivity index (χ4n) is 3.53. The molecule has 3 nitrogen and oxygen atoms in total. The SMILES string of the molecule is Cc1ccc2c(c1)c(SC(C)(C)C)c(CC(C)(C)C(=O)O)n2Cc1ccc(Cl)cc1. The van der Waals surface area contributed by atoms with Gasteiger partial charge in [0.2, 0.25) is 0 Å². The Labute approximate surface area is 188 Å². The van der Waals surface area contributed by atoms with Crippen LogP contribution in [0.4, 0.5) is 0 Å². The molecule has 30 heavy (non-hydrogen) atoms. The lowest BCUT2D eigenvalue weighted by molar-refractivity contribution is -0.146. The summed E-state index contributed by atoms with van der Waals surface area (Å²) in [7, 11) is 0. The number of carboxylic acids is 1. The van der Waals surface area contributed by atoms with E-state index < -0.39 is 11.4 Å². The number of aromatic nitrogens is 1. The largest absolute Gasteiger partial charge is 0.481 e. The van der Waals surface area contributed by atoms with Crippen LogP contribution in [0.2, 0.25) is 5.02 Å². The van der Waals surface area contributed by atoms with Crippen LogP contribution in [0.1, 0.15) is 51.4 Å². The van der Waals surface area contributed by atoms with Gasteiger partial charge in [-0.15, -0.1) is 11.8 Å². The molecule has 2 aromatic carbocycles. The lowest BCUT2D eigenvalue weighted by atomic mass is 9.88. The van der Waals surface area contributed by atoms with Crippen LogP contribution in [0, 0.1) is 12.3 Å². The van der Waals surface area contributed by atoms with Gasteiger partial charge >= 0.3 is 5.97 Å². The van der Waals surface area contributed by atoms with Gasteiger partial charge in [0.05, 0.1) is 5.41 Å². The minimum absolute atomic E-state index is 0.00521. The molecule has 0 saturated heterocycles. The van der Waals surface area contributed by atoms with E-state index in [9.17, 15) is 9.90 Å². The molecular weight excluding hydrogens is 414 g/mol. The highest BCUT2D eigenvalue weighted by atomic mass is 35.5. The molecule has 0 unspecified atom stereocenters. The molecule has 1 N–H and O–H groups in total. The molecule has 0 amide bonds. The molecule has 0 aliphatic carbocycles. The number of benzene rings is 2. The van der Waals surface area contributed by atoms with Crippen LogP contribution < -0.4 is 0 Å². The Bertz CT molecular complexity index is 1080. The van der Waals surface area contributed by atoms with E-state index in [0.717, 1.165) is 16.8 Å². The first kappa shape index (κ1) is 22.8. The molecule has 5 heteroatoms. The lowest BCUT2D eigenvalue weighted by Gasteiger charge is -2.24. The zero-order valence-electron chi connectivity index (χ0n) is 18.5. The highest BCUT2D eigenvalue weighted by molar-refractivity contribution is 8.00. The second-order valence-electron chi connectivity index (χ2n) is 9.59. The van der Waals surface area contributed by atoms with Gasteiger partial charge < -0.3 is 9.67 Å². The normalized spacial score (nSPS) is 12.5. The smallest absolute Gasteiger partial charge is 0.309 e. The number of halogens is 1. The van der Waals surface area contributed by atoms with Crippen molar-refractivity contribution in [2.24, 2.45) is 5.41 Å². The molecule has 0 aliphatic heterocycles. The highest BCUT2D eigenvalue weighted by Gasteiger charge is 2.32. The summed E-state index contributed by atoms with van der Waals surface area (Å²) in [6.45, 7) is 13.0. The zero-order chi connectivity index (χ0) is 22.3. The molecule has 1 heterocycles. The van der Waals surface area contributed by atoms with Gasteiger partial charge in [0.1, 0.15) is 0 Å². The van der Waals surface area contributed by atoms with Crippen molar-refractivity contribution in [1.29, 1.82) is 0 Å². The molecule has 3 rings (SSSR count). The van der Waals surface area contributed by atoms with E-state index in [0.29, 0.717) is 18.0 Å². The average Bonchev–Trinajstić information content (AvgIpc) is 2.88. The number of hydrogen-bond donors (Lipinski definition) is 1. The molecule has 0 spiro atoms. The fraction of sp³-hybridized carbons (Fsp3) is 0.400. The number of rotatable bonds is 6. The molecule has 3 aromatic rings. The summed E-state index contributed by atoms with van der Waals surface area (Å²) in [4.78, 5) is 13.2. The van der Waals surface area contributed by atoms with Gasteiger partial charge in [-0.1, -0.05) is 56.1 Å². The topological polar surface area (TPSA) is 42.2 Å². The molecule has 0 atom stereocenters. The number of aryl methyl sites for hydroxylation is 1. The summed E-state index contributed by atoms with van der Waals surface area (Å²) in [6.07, 6.45) is 0.460. The van der Waals surface area contributed by atoms with E-state index in [1.807, 2.05) is 36.0 Å². The maximum atomic E-state index is 12.0. The van der Waals surface area contributed by atoms with Crippen molar-refractivity contribution in [2.75, 3.05) is 0 Å². The van der Waals surface area contributed by atoms with Crippen LogP contribution in [0.25, 0.3) is 10.9 Å². The van der Waals surface area contributed by atoms with Crippen LogP contribution in [-0.2, 0) is 17.8 Å². The van der Waals surface area contributed by atoms with Crippen molar-refractivity contribution in [3.8, 4) is 0 Å². The van der Waals surface area contributed by atoms with Crippen molar-refractivity contribution >= 4 is 40.2 Å². The first-order valence-electron chi connectivity index (χ1n) is 10.2. The maximum absolute atomic E-state index is 12.0. The minimum Gasteiger partial charge on any atom is -0.481 e. The zero-order valence-corrected chi connectivity index (χ0v) is 20.1. The van der Waals surface area contributed by atoms with Crippen molar-refractivity contribution in [2.45, 2.75) is 64.2 Å². The van der Waals surface area contributed by atoms with Gasteiger partial charge in [-0.3, -0.25) is 4.79 Å². The molecule has 1 aromatic heterocycles. The van der Waals surface area contributed by atoms with Crippen LogP contribution in [0.15, 0.2) is 47.4 Å². The Morgan fingerprint density at radius 2 is 1.70 bits per heavy atom. The summed E-state index contributed by atoms with van der Waals surface area (Å²) in [6, 6.07) is 14.4. The predicted octanol–water partition coefficient (Wildman–Crippen LogP) is 7.20. The van der Waals surface area contributed by atoms with E-state index in [2.05, 4.69) is 50.5 Å². The van der Waals surface area contributed by atoms with Crippen LogP contribution in [-0.4, -0.2) is 20.4 Å². The summed E-state index contributed by atoms with van der Waals surface area (Å²) in [5.41, 5.74) is 3.69. The third-order valence-electron chi connectivity index (χ3n) is 5.13. The number of hydrogen-bond acceptors (Lipinski definition) is 2. The number of carboxylic acid groups (broad SMARTS) is 1. The summed E-state index contributed by atoms with van der Waals surface area (Å²) >= 11 is 7.90.